The Morgan fingerprint density at radius 3 is 2.39 bits per heavy atom. The molecule has 1 heterocycles. The van der Waals surface area contributed by atoms with E-state index in [9.17, 15) is 9.59 Å². The van der Waals surface area contributed by atoms with E-state index in [0.717, 1.165) is 16.7 Å². The normalized spacial score (nSPS) is 19.2. The number of hydrogen-bond acceptors (Lipinski definition) is 3. The van der Waals surface area contributed by atoms with Crippen molar-refractivity contribution >= 4 is 18.0 Å². The zero-order valence-electron chi connectivity index (χ0n) is 17.4. The summed E-state index contributed by atoms with van der Waals surface area (Å²) in [5.41, 5.74) is 6.18. The van der Waals surface area contributed by atoms with Crippen LogP contribution in [0.25, 0.3) is 0 Å². The third-order valence-corrected chi connectivity index (χ3v) is 5.30. The molecule has 3 aromatic carbocycles. The van der Waals surface area contributed by atoms with Crippen LogP contribution in [0.1, 0.15) is 33.1 Å². The van der Waals surface area contributed by atoms with Crippen molar-refractivity contribution in [3.63, 3.8) is 0 Å². The fourth-order valence-corrected chi connectivity index (χ4v) is 3.68. The van der Waals surface area contributed by atoms with Crippen molar-refractivity contribution < 1.29 is 19.0 Å². The molecule has 4 rings (SSSR count). The highest BCUT2D eigenvalue weighted by molar-refractivity contribution is 5.98. The Balaban J connectivity index is 1.71. The summed E-state index contributed by atoms with van der Waals surface area (Å²) >= 11 is 0. The van der Waals surface area contributed by atoms with Gasteiger partial charge in [0.2, 0.25) is 12.3 Å². The van der Waals surface area contributed by atoms with Gasteiger partial charge in [0.1, 0.15) is 5.75 Å². The molecular weight excluding hydrogens is 390 g/mol. The molecule has 2 N–H and O–H groups in total. The van der Waals surface area contributed by atoms with Crippen LogP contribution >= 0.6 is 0 Å². The van der Waals surface area contributed by atoms with E-state index in [0.29, 0.717) is 11.3 Å². The highest BCUT2D eigenvalue weighted by Gasteiger charge is 2.47. The van der Waals surface area contributed by atoms with Crippen LogP contribution < -0.4 is 15.5 Å². The number of carbonyl (C=O) groups excluding carboxylic acids is 2. The van der Waals surface area contributed by atoms with E-state index in [2.05, 4.69) is 10.7 Å². The third-order valence-electron chi connectivity index (χ3n) is 5.30. The van der Waals surface area contributed by atoms with E-state index in [1.165, 1.54) is 0 Å². The Hall–Kier alpha value is -3.93. The maximum absolute atomic E-state index is 12.9. The Kier molecular flexibility index (Phi) is 5.80. The minimum Gasteiger partial charge on any atom is -0.496 e. The summed E-state index contributed by atoms with van der Waals surface area (Å²) < 4.78 is 7.17. The number of hydrazone groups is 1. The lowest BCUT2D eigenvalue weighted by molar-refractivity contribution is -0.596. The van der Waals surface area contributed by atoms with Gasteiger partial charge in [-0.1, -0.05) is 60.2 Å². The molecule has 156 valence electrons. The third kappa shape index (κ3) is 4.33. The molecule has 1 aliphatic heterocycles. The number of aryl methyl sites for hydroxylation is 1. The summed E-state index contributed by atoms with van der Waals surface area (Å²) in [7, 11) is 1.61. The first-order valence-electron chi connectivity index (χ1n) is 10.1. The maximum Gasteiger partial charge on any atom is 0.304 e. The molecule has 6 nitrogen and oxygen atoms in total. The molecular formula is C25H24N3O3+. The van der Waals surface area contributed by atoms with Crippen molar-refractivity contribution in [2.75, 3.05) is 7.11 Å². The molecule has 2 amide bonds. The summed E-state index contributed by atoms with van der Waals surface area (Å²) in [6, 6.07) is 23.3. The number of rotatable bonds is 5. The summed E-state index contributed by atoms with van der Waals surface area (Å²) in [5.74, 6) is 0.122. The molecule has 1 aliphatic rings. The van der Waals surface area contributed by atoms with E-state index in [1.807, 2.05) is 79.9 Å². The lowest BCUT2D eigenvalue weighted by Crippen LogP contribution is -2.42. The number of carbonyl (C=O) groups is 2. The van der Waals surface area contributed by atoms with Crippen molar-refractivity contribution in [2.45, 2.75) is 19.0 Å². The van der Waals surface area contributed by atoms with Crippen LogP contribution in [0.15, 0.2) is 78.9 Å². The molecule has 1 fully saturated rings. The van der Waals surface area contributed by atoms with E-state index >= 15 is 0 Å². The van der Waals surface area contributed by atoms with Crippen LogP contribution in [0.3, 0.4) is 0 Å². The largest absolute Gasteiger partial charge is 0.496 e. The number of methoxy groups -OCH3 is 1. The van der Waals surface area contributed by atoms with E-state index < -0.39 is 12.1 Å². The Bertz CT molecular complexity index is 1120. The Morgan fingerprint density at radius 2 is 1.68 bits per heavy atom. The first-order chi connectivity index (χ1) is 15.1. The second-order valence-electron chi connectivity index (χ2n) is 7.43. The molecule has 0 spiro atoms. The van der Waals surface area contributed by atoms with Crippen LogP contribution in [-0.4, -0.2) is 35.9 Å². The van der Waals surface area contributed by atoms with Crippen LogP contribution in [-0.2, 0) is 4.79 Å². The summed E-state index contributed by atoms with van der Waals surface area (Å²) in [6.45, 7) is 1.96. The maximum atomic E-state index is 12.9. The van der Waals surface area contributed by atoms with Crippen LogP contribution in [0.4, 0.5) is 0 Å². The van der Waals surface area contributed by atoms with Gasteiger partial charge in [0.05, 0.1) is 12.7 Å². The van der Waals surface area contributed by atoms with Crippen LogP contribution in [0, 0.1) is 6.92 Å². The van der Waals surface area contributed by atoms with Crippen molar-refractivity contribution in [3.05, 3.63) is 101 Å². The second kappa shape index (κ2) is 8.83. The fourth-order valence-electron chi connectivity index (χ4n) is 3.68. The topological polar surface area (TPSA) is 70.4 Å². The van der Waals surface area contributed by atoms with Gasteiger partial charge in [-0.05, 0) is 31.2 Å². The molecule has 0 aromatic heterocycles. The molecule has 3 aromatic rings. The Labute approximate surface area is 181 Å². The lowest BCUT2D eigenvalue weighted by Gasteiger charge is -2.15. The highest BCUT2D eigenvalue weighted by atomic mass is 16.5. The second-order valence-corrected chi connectivity index (χ2v) is 7.43. The predicted molar refractivity (Wildman–Crippen MR) is 118 cm³/mol. The molecule has 0 bridgehead atoms. The number of para-hydroxylation sites is 1. The van der Waals surface area contributed by atoms with E-state index in [-0.39, 0.29) is 11.8 Å². The van der Waals surface area contributed by atoms with Gasteiger partial charge < -0.3 is 10.1 Å². The summed E-state index contributed by atoms with van der Waals surface area (Å²) in [5, 5.41) is 2.91. The minimum atomic E-state index is -0.762. The first-order valence-corrected chi connectivity index (χ1v) is 10.1. The molecule has 6 heteroatoms. The van der Waals surface area contributed by atoms with Gasteiger partial charge in [0.15, 0.2) is 6.04 Å². The number of hydrazine groups is 1. The smallest absolute Gasteiger partial charge is 0.304 e. The van der Waals surface area contributed by atoms with Gasteiger partial charge in [-0.25, -0.2) is 0 Å². The zero-order chi connectivity index (χ0) is 21.8. The number of amides is 2. The van der Waals surface area contributed by atoms with Crippen molar-refractivity contribution in [1.82, 2.24) is 10.7 Å². The lowest BCUT2D eigenvalue weighted by atomic mass is 9.99. The number of nitrogens with zero attached hydrogens (tertiary/aromatic N) is 1. The van der Waals surface area contributed by atoms with Gasteiger partial charge in [-0.2, -0.15) is 0 Å². The summed E-state index contributed by atoms with van der Waals surface area (Å²) in [4.78, 5) is 25.8. The number of benzene rings is 3. The molecule has 0 unspecified atom stereocenters. The van der Waals surface area contributed by atoms with Gasteiger partial charge in [-0.15, -0.1) is 10.1 Å². The number of nitrogens with one attached hydrogen (secondary N) is 2. The molecule has 31 heavy (non-hydrogen) atoms. The fraction of sp³-hybridized carbons (Fsp3) is 0.160. The molecule has 1 saturated heterocycles. The van der Waals surface area contributed by atoms with Gasteiger partial charge in [0, 0.05) is 11.1 Å². The van der Waals surface area contributed by atoms with Crippen molar-refractivity contribution in [1.29, 1.82) is 0 Å². The summed E-state index contributed by atoms with van der Waals surface area (Å²) in [6.07, 6.45) is 1.83. The average molecular weight is 414 g/mol. The molecule has 0 aliphatic carbocycles. The van der Waals surface area contributed by atoms with E-state index in [4.69, 9.17) is 4.74 Å². The highest BCUT2D eigenvalue weighted by Crippen LogP contribution is 2.26. The first kappa shape index (κ1) is 20.3. The number of hydrogen-bond donors (Lipinski definition) is 2. The van der Waals surface area contributed by atoms with Crippen LogP contribution in [0.5, 0.6) is 5.75 Å². The monoisotopic (exact) mass is 414 g/mol. The SMILES string of the molecule is COc1ccccc1/C=[N+]1\NC(=O)[C@@H](NC(=O)c2ccc(C)cc2)[C@H]1c1ccccc1. The molecule has 2 atom stereocenters. The van der Waals surface area contributed by atoms with Crippen LogP contribution in [0.2, 0.25) is 0 Å². The predicted octanol–water partition coefficient (Wildman–Crippen LogP) is 3.02. The quantitative estimate of drug-likeness (QED) is 0.631. The van der Waals surface area contributed by atoms with Crippen molar-refractivity contribution in [2.24, 2.45) is 0 Å². The van der Waals surface area contributed by atoms with E-state index in [1.54, 1.807) is 23.9 Å². The van der Waals surface area contributed by atoms with Crippen molar-refractivity contribution in [3.8, 4) is 5.75 Å². The standard InChI is InChI=1S/C25H23N3O3/c1-17-12-14-19(15-13-17)24(29)26-22-23(18-8-4-3-5-9-18)28(27-25(22)30)16-20-10-6-7-11-21(20)31-2/h3-16,22-23H,1-2H3,(H-,26,27,29,30)/p+1/b28-16-/t22-,23+/m0/s1. The molecule has 0 saturated carbocycles. The van der Waals surface area contributed by atoms with Gasteiger partial charge in [-0.3, -0.25) is 9.59 Å². The van der Waals surface area contributed by atoms with Gasteiger partial charge in [0.25, 0.3) is 5.91 Å². The minimum absolute atomic E-state index is 0.277. The Morgan fingerprint density at radius 1 is 1.00 bits per heavy atom. The average Bonchev–Trinajstić information content (AvgIpc) is 3.09. The van der Waals surface area contributed by atoms with Gasteiger partial charge >= 0.3 is 5.91 Å². The number of ether oxygens (including phenoxy) is 1. The molecule has 0 radical (unpaired) electrons. The zero-order valence-corrected chi connectivity index (χ0v) is 17.4.